The number of aliphatic hydroxyl groups is 1. The fraction of sp³-hybridized carbons (Fsp3) is 1.00. The monoisotopic (exact) mass is 227 g/mol. The van der Waals surface area contributed by atoms with Crippen LogP contribution >= 0.6 is 0 Å². The summed E-state index contributed by atoms with van der Waals surface area (Å²) in [6.07, 6.45) is 4.71. The summed E-state index contributed by atoms with van der Waals surface area (Å²) in [5.74, 6) is 0. The van der Waals surface area contributed by atoms with Crippen molar-refractivity contribution in [3.8, 4) is 0 Å². The topological polar surface area (TPSA) is 52.7 Å². The molecule has 4 heteroatoms. The van der Waals surface area contributed by atoms with Crippen molar-refractivity contribution in [3.05, 3.63) is 0 Å². The molecule has 0 aromatic heterocycles. The maximum Gasteiger partial charge on any atom is 0.0446 e. The average molecular weight is 227 g/mol. The molecule has 0 aliphatic carbocycles. The number of hydrogen-bond donors (Lipinski definition) is 2. The van der Waals surface area contributed by atoms with Crippen LogP contribution in [0.4, 0.5) is 0 Å². The van der Waals surface area contributed by atoms with Crippen molar-refractivity contribution in [2.75, 3.05) is 33.3 Å². The molecule has 2 bridgehead atoms. The van der Waals surface area contributed by atoms with E-state index in [9.17, 15) is 0 Å². The van der Waals surface area contributed by atoms with E-state index in [0.29, 0.717) is 0 Å². The largest absolute Gasteiger partial charge is 0.396 e. The number of rotatable bonds is 4. The molecule has 2 saturated heterocycles. The van der Waals surface area contributed by atoms with E-state index in [1.54, 1.807) is 0 Å². The van der Waals surface area contributed by atoms with Gasteiger partial charge < -0.3 is 15.7 Å². The van der Waals surface area contributed by atoms with Gasteiger partial charge in [-0.25, -0.2) is 0 Å². The summed E-state index contributed by atoms with van der Waals surface area (Å²) in [6.45, 7) is 3.48. The molecule has 2 aliphatic heterocycles. The highest BCUT2D eigenvalue weighted by Gasteiger charge is 2.34. The third kappa shape index (κ3) is 2.74. The Labute approximate surface area is 98.4 Å². The Morgan fingerprint density at radius 2 is 2.06 bits per heavy atom. The van der Waals surface area contributed by atoms with E-state index in [0.717, 1.165) is 31.6 Å². The second-order valence-electron chi connectivity index (χ2n) is 5.37. The lowest BCUT2D eigenvalue weighted by Crippen LogP contribution is -2.42. The summed E-state index contributed by atoms with van der Waals surface area (Å²) < 4.78 is 0. The zero-order valence-corrected chi connectivity index (χ0v) is 10.3. The lowest BCUT2D eigenvalue weighted by atomic mass is 10.1. The van der Waals surface area contributed by atoms with Gasteiger partial charge in [0.2, 0.25) is 0 Å². The molecule has 2 heterocycles. The van der Waals surface area contributed by atoms with E-state index in [1.807, 2.05) is 0 Å². The quantitative estimate of drug-likeness (QED) is 0.702. The Morgan fingerprint density at radius 3 is 2.81 bits per heavy atom. The van der Waals surface area contributed by atoms with E-state index in [1.165, 1.54) is 25.8 Å². The van der Waals surface area contributed by atoms with Crippen molar-refractivity contribution in [1.82, 2.24) is 9.80 Å². The normalized spacial score (nSPS) is 33.9. The molecule has 2 rings (SSSR count). The molecule has 0 radical (unpaired) electrons. The van der Waals surface area contributed by atoms with Crippen molar-refractivity contribution < 1.29 is 5.11 Å². The predicted octanol–water partition coefficient (Wildman–Crippen LogP) is -0.135. The van der Waals surface area contributed by atoms with Gasteiger partial charge in [-0.2, -0.15) is 0 Å². The molecule has 4 nitrogen and oxygen atoms in total. The SMILES string of the molecule is CN1C2CCC1CN(CC(N)CCO)CC2. The fourth-order valence-electron chi connectivity index (χ4n) is 3.13. The lowest BCUT2D eigenvalue weighted by Gasteiger charge is -2.27. The molecule has 3 unspecified atom stereocenters. The van der Waals surface area contributed by atoms with E-state index in [4.69, 9.17) is 10.8 Å². The predicted molar refractivity (Wildman–Crippen MR) is 65.3 cm³/mol. The Hall–Kier alpha value is -0.160. The van der Waals surface area contributed by atoms with Gasteiger partial charge in [0, 0.05) is 37.8 Å². The van der Waals surface area contributed by atoms with Crippen molar-refractivity contribution >= 4 is 0 Å². The molecule has 94 valence electrons. The van der Waals surface area contributed by atoms with Gasteiger partial charge in [-0.3, -0.25) is 4.90 Å². The Morgan fingerprint density at radius 1 is 1.31 bits per heavy atom. The second kappa shape index (κ2) is 5.45. The molecule has 0 saturated carbocycles. The van der Waals surface area contributed by atoms with Crippen molar-refractivity contribution in [3.63, 3.8) is 0 Å². The van der Waals surface area contributed by atoms with E-state index >= 15 is 0 Å². The maximum absolute atomic E-state index is 8.86. The van der Waals surface area contributed by atoms with Crippen molar-refractivity contribution in [2.45, 2.75) is 43.8 Å². The molecule has 2 fully saturated rings. The Kier molecular flexibility index (Phi) is 4.19. The third-order valence-corrected chi connectivity index (χ3v) is 4.23. The summed E-state index contributed by atoms with van der Waals surface area (Å²) >= 11 is 0. The molecular formula is C12H25N3O. The highest BCUT2D eigenvalue weighted by molar-refractivity contribution is 4.91. The minimum absolute atomic E-state index is 0.131. The minimum Gasteiger partial charge on any atom is -0.396 e. The molecule has 16 heavy (non-hydrogen) atoms. The number of likely N-dealkylation sites (N-methyl/N-ethyl adjacent to an activating group) is 1. The lowest BCUT2D eigenvalue weighted by molar-refractivity contribution is 0.199. The van der Waals surface area contributed by atoms with Gasteiger partial charge in [0.05, 0.1) is 0 Å². The standard InChI is InChI=1S/C12H25N3O/c1-14-11-2-3-12(14)9-15(6-4-11)8-10(13)5-7-16/h10-12,16H,2-9,13H2,1H3. The van der Waals surface area contributed by atoms with Gasteiger partial charge in [-0.15, -0.1) is 0 Å². The van der Waals surface area contributed by atoms with Crippen LogP contribution in [0.15, 0.2) is 0 Å². The van der Waals surface area contributed by atoms with Crippen LogP contribution < -0.4 is 5.73 Å². The summed E-state index contributed by atoms with van der Waals surface area (Å²) in [5, 5.41) is 8.86. The van der Waals surface area contributed by atoms with Gasteiger partial charge >= 0.3 is 0 Å². The van der Waals surface area contributed by atoms with Gasteiger partial charge in [-0.1, -0.05) is 0 Å². The number of nitrogens with zero attached hydrogens (tertiary/aromatic N) is 2. The van der Waals surface area contributed by atoms with E-state index in [2.05, 4.69) is 16.8 Å². The third-order valence-electron chi connectivity index (χ3n) is 4.23. The van der Waals surface area contributed by atoms with Crippen molar-refractivity contribution in [1.29, 1.82) is 0 Å². The second-order valence-corrected chi connectivity index (χ2v) is 5.37. The first-order valence-corrected chi connectivity index (χ1v) is 6.51. The highest BCUT2D eigenvalue weighted by atomic mass is 16.3. The number of nitrogens with two attached hydrogens (primary N) is 1. The maximum atomic E-state index is 8.86. The number of hydrogen-bond acceptors (Lipinski definition) is 4. The molecule has 0 aromatic carbocycles. The zero-order chi connectivity index (χ0) is 11.5. The summed E-state index contributed by atoms with van der Waals surface area (Å²) in [4.78, 5) is 5.04. The molecular weight excluding hydrogens is 202 g/mol. The summed E-state index contributed by atoms with van der Waals surface area (Å²) in [6, 6.07) is 1.66. The van der Waals surface area contributed by atoms with Crippen LogP contribution in [0.2, 0.25) is 0 Å². The molecule has 2 aliphatic rings. The van der Waals surface area contributed by atoms with E-state index < -0.39 is 0 Å². The van der Waals surface area contributed by atoms with Crippen molar-refractivity contribution in [2.24, 2.45) is 5.73 Å². The van der Waals surface area contributed by atoms with Gasteiger partial charge in [0.25, 0.3) is 0 Å². The van der Waals surface area contributed by atoms with Crippen LogP contribution in [0.25, 0.3) is 0 Å². The molecule has 3 atom stereocenters. The fourth-order valence-corrected chi connectivity index (χ4v) is 3.13. The van der Waals surface area contributed by atoms with Gasteiger partial charge in [-0.05, 0) is 39.3 Å². The molecule has 0 amide bonds. The minimum atomic E-state index is 0.131. The molecule has 0 spiro atoms. The van der Waals surface area contributed by atoms with Crippen LogP contribution in [-0.4, -0.2) is 66.3 Å². The van der Waals surface area contributed by atoms with Crippen LogP contribution in [0.5, 0.6) is 0 Å². The number of aliphatic hydroxyl groups excluding tert-OH is 1. The smallest absolute Gasteiger partial charge is 0.0446 e. The first kappa shape index (κ1) is 12.3. The van der Waals surface area contributed by atoms with Crippen LogP contribution in [0, 0.1) is 0 Å². The van der Waals surface area contributed by atoms with Crippen LogP contribution in [-0.2, 0) is 0 Å². The Bertz CT molecular complexity index is 224. The molecule has 3 N–H and O–H groups in total. The van der Waals surface area contributed by atoms with Crippen LogP contribution in [0.1, 0.15) is 25.7 Å². The van der Waals surface area contributed by atoms with Crippen LogP contribution in [0.3, 0.4) is 0 Å². The average Bonchev–Trinajstić information content (AvgIpc) is 2.47. The van der Waals surface area contributed by atoms with E-state index in [-0.39, 0.29) is 12.6 Å². The van der Waals surface area contributed by atoms with Gasteiger partial charge in [0.15, 0.2) is 0 Å². The number of likely N-dealkylation sites (tertiary alicyclic amines) is 1. The summed E-state index contributed by atoms with van der Waals surface area (Å²) in [5.41, 5.74) is 5.98. The first-order chi connectivity index (χ1) is 7.70. The van der Waals surface area contributed by atoms with Gasteiger partial charge in [0.1, 0.15) is 0 Å². The number of fused-ring (bicyclic) bond motifs is 2. The Balaban J connectivity index is 1.84. The first-order valence-electron chi connectivity index (χ1n) is 6.51. The summed E-state index contributed by atoms with van der Waals surface area (Å²) in [7, 11) is 2.26. The molecule has 0 aromatic rings. The zero-order valence-electron chi connectivity index (χ0n) is 10.3. The highest BCUT2D eigenvalue weighted by Crippen LogP contribution is 2.28.